The Morgan fingerprint density at radius 2 is 2.47 bits per heavy atom. The lowest BCUT2D eigenvalue weighted by Gasteiger charge is -2.00. The summed E-state index contributed by atoms with van der Waals surface area (Å²) in [6, 6.07) is 2.34. The molecule has 1 unspecified atom stereocenters. The summed E-state index contributed by atoms with van der Waals surface area (Å²) in [6.07, 6.45) is 3.14. The summed E-state index contributed by atoms with van der Waals surface area (Å²) in [5.74, 6) is 0.219. The number of carbonyl (C=O) groups is 1. The summed E-state index contributed by atoms with van der Waals surface area (Å²) in [5.41, 5.74) is 0. The molecule has 0 aliphatic heterocycles. The van der Waals surface area contributed by atoms with Gasteiger partial charge in [-0.15, -0.1) is 0 Å². The number of hydrogen-bond acceptors (Lipinski definition) is 5. The van der Waals surface area contributed by atoms with Crippen LogP contribution in [0.5, 0.6) is 0 Å². The highest BCUT2D eigenvalue weighted by Gasteiger charge is 2.26. The molecular formula is C11H14N4O2. The number of hydrogen-bond donors (Lipinski definition) is 1. The Labute approximate surface area is 99.0 Å². The molecule has 1 amide bonds. The van der Waals surface area contributed by atoms with E-state index >= 15 is 0 Å². The Morgan fingerprint density at radius 1 is 1.71 bits per heavy atom. The minimum Gasteiger partial charge on any atom is -0.346 e. The minimum atomic E-state index is -0.282. The van der Waals surface area contributed by atoms with E-state index in [-0.39, 0.29) is 23.7 Å². The van der Waals surface area contributed by atoms with E-state index in [9.17, 15) is 4.79 Å². The van der Waals surface area contributed by atoms with Gasteiger partial charge in [-0.3, -0.25) is 4.79 Å². The number of amides is 1. The molecule has 1 saturated carbocycles. The van der Waals surface area contributed by atoms with Crippen molar-refractivity contribution < 1.29 is 9.32 Å². The molecule has 1 heterocycles. The summed E-state index contributed by atoms with van der Waals surface area (Å²) in [6.45, 7) is 1.90. The van der Waals surface area contributed by atoms with Crippen molar-refractivity contribution in [2.24, 2.45) is 0 Å². The number of carbonyl (C=O) groups excluding carboxylic acids is 1. The average molecular weight is 234 g/mol. The molecule has 1 aromatic rings. The van der Waals surface area contributed by atoms with Gasteiger partial charge in [-0.2, -0.15) is 10.2 Å². The predicted octanol–water partition coefficient (Wildman–Crippen LogP) is 1.37. The quantitative estimate of drug-likeness (QED) is 0.830. The van der Waals surface area contributed by atoms with Crippen LogP contribution in [0.25, 0.3) is 0 Å². The summed E-state index contributed by atoms with van der Waals surface area (Å²) in [4.78, 5) is 15.6. The van der Waals surface area contributed by atoms with E-state index in [1.165, 1.54) is 0 Å². The number of rotatable bonds is 5. The number of nitrogens with one attached hydrogen (secondary N) is 1. The lowest BCUT2D eigenvalue weighted by molar-refractivity contribution is 0.0937. The predicted molar refractivity (Wildman–Crippen MR) is 58.0 cm³/mol. The van der Waals surface area contributed by atoms with E-state index in [1.807, 2.05) is 6.92 Å². The van der Waals surface area contributed by atoms with Gasteiger partial charge in [-0.25, -0.2) is 0 Å². The first-order valence-electron chi connectivity index (χ1n) is 5.72. The van der Waals surface area contributed by atoms with E-state index < -0.39 is 0 Å². The van der Waals surface area contributed by atoms with Crippen molar-refractivity contribution in [1.29, 1.82) is 5.26 Å². The molecule has 0 aromatic carbocycles. The topological polar surface area (TPSA) is 91.8 Å². The second kappa shape index (κ2) is 4.95. The molecule has 0 bridgehead atoms. The Balaban J connectivity index is 1.94. The van der Waals surface area contributed by atoms with E-state index in [4.69, 9.17) is 9.78 Å². The van der Waals surface area contributed by atoms with Gasteiger partial charge in [0.15, 0.2) is 0 Å². The van der Waals surface area contributed by atoms with Crippen molar-refractivity contribution in [3.63, 3.8) is 0 Å². The van der Waals surface area contributed by atoms with Crippen molar-refractivity contribution in [3.8, 4) is 6.07 Å². The standard InChI is InChI=1S/C11H14N4O2/c1-7(3-2-6-12)11-14-9(15-17-11)10(16)13-8-4-5-8/h7-8H,2-5H2,1H3,(H,13,16). The number of nitriles is 1. The Morgan fingerprint density at radius 3 is 3.12 bits per heavy atom. The molecule has 2 rings (SSSR count). The molecule has 1 aliphatic carbocycles. The van der Waals surface area contributed by atoms with Crippen molar-refractivity contribution in [2.75, 3.05) is 0 Å². The van der Waals surface area contributed by atoms with Crippen LogP contribution in [0.15, 0.2) is 4.52 Å². The van der Waals surface area contributed by atoms with Gasteiger partial charge < -0.3 is 9.84 Å². The Bertz CT molecular complexity index is 445. The average Bonchev–Trinajstić information content (AvgIpc) is 2.99. The molecule has 0 radical (unpaired) electrons. The number of aromatic nitrogens is 2. The molecular weight excluding hydrogens is 220 g/mol. The highest BCUT2D eigenvalue weighted by atomic mass is 16.5. The second-order valence-electron chi connectivity index (χ2n) is 4.30. The maximum Gasteiger partial charge on any atom is 0.292 e. The van der Waals surface area contributed by atoms with Crippen LogP contribution in [-0.4, -0.2) is 22.1 Å². The van der Waals surface area contributed by atoms with Gasteiger partial charge in [0.1, 0.15) is 0 Å². The lowest BCUT2D eigenvalue weighted by atomic mass is 10.1. The SMILES string of the molecule is CC(CCC#N)c1nc(C(=O)NC2CC2)no1. The van der Waals surface area contributed by atoms with Crippen LogP contribution in [-0.2, 0) is 0 Å². The zero-order chi connectivity index (χ0) is 12.3. The van der Waals surface area contributed by atoms with Crippen LogP contribution in [0.2, 0.25) is 0 Å². The maximum atomic E-state index is 11.6. The largest absolute Gasteiger partial charge is 0.346 e. The van der Waals surface area contributed by atoms with Gasteiger partial charge in [-0.05, 0) is 19.3 Å². The third kappa shape index (κ3) is 3.03. The highest BCUT2D eigenvalue weighted by Crippen LogP contribution is 2.20. The minimum absolute atomic E-state index is 0.00428. The molecule has 1 fully saturated rings. The first-order chi connectivity index (χ1) is 8.20. The maximum absolute atomic E-state index is 11.6. The second-order valence-corrected chi connectivity index (χ2v) is 4.30. The van der Waals surface area contributed by atoms with Gasteiger partial charge >= 0.3 is 0 Å². The summed E-state index contributed by atoms with van der Waals surface area (Å²) in [7, 11) is 0. The van der Waals surface area contributed by atoms with Crippen LogP contribution in [0.4, 0.5) is 0 Å². The molecule has 1 N–H and O–H groups in total. The smallest absolute Gasteiger partial charge is 0.292 e. The van der Waals surface area contributed by atoms with Crippen LogP contribution < -0.4 is 5.32 Å². The lowest BCUT2D eigenvalue weighted by Crippen LogP contribution is -2.26. The summed E-state index contributed by atoms with van der Waals surface area (Å²) in [5, 5.41) is 14.9. The normalized spacial score (nSPS) is 16.2. The van der Waals surface area contributed by atoms with Gasteiger partial charge in [0.25, 0.3) is 11.7 Å². The van der Waals surface area contributed by atoms with Crippen LogP contribution in [0.1, 0.15) is 55.0 Å². The molecule has 6 heteroatoms. The summed E-state index contributed by atoms with van der Waals surface area (Å²) >= 11 is 0. The number of nitrogens with zero attached hydrogens (tertiary/aromatic N) is 3. The molecule has 1 atom stereocenters. The van der Waals surface area contributed by atoms with Gasteiger partial charge in [-0.1, -0.05) is 12.1 Å². The van der Waals surface area contributed by atoms with Crippen molar-refractivity contribution >= 4 is 5.91 Å². The fraction of sp³-hybridized carbons (Fsp3) is 0.636. The van der Waals surface area contributed by atoms with Crippen molar-refractivity contribution in [2.45, 2.75) is 44.6 Å². The van der Waals surface area contributed by atoms with Gasteiger partial charge in [0, 0.05) is 18.4 Å². The van der Waals surface area contributed by atoms with E-state index in [2.05, 4.69) is 21.5 Å². The molecule has 0 spiro atoms. The van der Waals surface area contributed by atoms with Crippen LogP contribution >= 0.6 is 0 Å². The molecule has 6 nitrogen and oxygen atoms in total. The third-order valence-electron chi connectivity index (χ3n) is 2.67. The van der Waals surface area contributed by atoms with Gasteiger partial charge in [0.2, 0.25) is 5.89 Å². The van der Waals surface area contributed by atoms with E-state index in [1.54, 1.807) is 0 Å². The Hall–Kier alpha value is -1.90. The fourth-order valence-corrected chi connectivity index (χ4v) is 1.41. The van der Waals surface area contributed by atoms with Crippen LogP contribution in [0.3, 0.4) is 0 Å². The first kappa shape index (κ1) is 11.6. The van der Waals surface area contributed by atoms with E-state index in [0.717, 1.165) is 12.8 Å². The molecule has 1 aromatic heterocycles. The molecule has 90 valence electrons. The molecule has 17 heavy (non-hydrogen) atoms. The zero-order valence-electron chi connectivity index (χ0n) is 9.64. The van der Waals surface area contributed by atoms with E-state index in [0.29, 0.717) is 18.7 Å². The first-order valence-corrected chi connectivity index (χ1v) is 5.72. The summed E-state index contributed by atoms with van der Waals surface area (Å²) < 4.78 is 5.02. The zero-order valence-corrected chi connectivity index (χ0v) is 9.64. The Kier molecular flexibility index (Phi) is 3.38. The van der Waals surface area contributed by atoms with Crippen molar-refractivity contribution in [3.05, 3.63) is 11.7 Å². The third-order valence-corrected chi connectivity index (χ3v) is 2.67. The molecule has 1 aliphatic rings. The van der Waals surface area contributed by atoms with Crippen molar-refractivity contribution in [1.82, 2.24) is 15.5 Å². The fourth-order valence-electron chi connectivity index (χ4n) is 1.41. The monoisotopic (exact) mass is 234 g/mol. The van der Waals surface area contributed by atoms with Gasteiger partial charge in [0.05, 0.1) is 6.07 Å². The van der Waals surface area contributed by atoms with Crippen LogP contribution in [0, 0.1) is 11.3 Å². The highest BCUT2D eigenvalue weighted by molar-refractivity contribution is 5.90. The molecule has 0 saturated heterocycles.